The van der Waals surface area contributed by atoms with Crippen molar-refractivity contribution in [3.8, 4) is 10.4 Å². The van der Waals surface area contributed by atoms with Gasteiger partial charge in [0.2, 0.25) is 0 Å². The summed E-state index contributed by atoms with van der Waals surface area (Å²) in [6, 6.07) is 24.9. The predicted molar refractivity (Wildman–Crippen MR) is 157 cm³/mol. The van der Waals surface area contributed by atoms with E-state index in [1.54, 1.807) is 29.7 Å². The van der Waals surface area contributed by atoms with Crippen LogP contribution in [0.25, 0.3) is 31.6 Å². The summed E-state index contributed by atoms with van der Waals surface area (Å²) < 4.78 is 6.42. The van der Waals surface area contributed by atoms with Gasteiger partial charge in [-0.25, -0.2) is 0 Å². The number of nitrogens with zero attached hydrogens (tertiary/aromatic N) is 3. The molecule has 2 N–H and O–H groups in total. The molecule has 1 saturated heterocycles. The molecule has 7 nitrogen and oxygen atoms in total. The van der Waals surface area contributed by atoms with Gasteiger partial charge in [0.25, 0.3) is 5.91 Å². The van der Waals surface area contributed by atoms with Crippen LogP contribution in [0.2, 0.25) is 0 Å². The van der Waals surface area contributed by atoms with Crippen molar-refractivity contribution in [2.75, 3.05) is 31.5 Å². The van der Waals surface area contributed by atoms with Gasteiger partial charge in [-0.2, -0.15) is 0 Å². The Hall–Kier alpha value is -4.40. The van der Waals surface area contributed by atoms with E-state index in [-0.39, 0.29) is 5.91 Å². The van der Waals surface area contributed by atoms with Crippen LogP contribution in [-0.4, -0.2) is 51.9 Å². The Labute approximate surface area is 229 Å². The van der Waals surface area contributed by atoms with Crippen LogP contribution in [0.5, 0.6) is 0 Å². The van der Waals surface area contributed by atoms with Crippen LogP contribution in [-0.2, 0) is 6.54 Å². The molecule has 6 aromatic rings. The van der Waals surface area contributed by atoms with Gasteiger partial charge in [0.05, 0.1) is 22.2 Å². The van der Waals surface area contributed by atoms with E-state index in [9.17, 15) is 4.79 Å². The van der Waals surface area contributed by atoms with Gasteiger partial charge >= 0.3 is 0 Å². The van der Waals surface area contributed by atoms with Gasteiger partial charge in [0.1, 0.15) is 0 Å². The second kappa shape index (κ2) is 10.1. The van der Waals surface area contributed by atoms with Crippen molar-refractivity contribution in [2.24, 2.45) is 0 Å². The number of anilines is 2. The fraction of sp³-hybridized carbons (Fsp3) is 0.161. The molecule has 0 radical (unpaired) electrons. The summed E-state index contributed by atoms with van der Waals surface area (Å²) in [4.78, 5) is 25.9. The monoisotopic (exact) mass is 533 g/mol. The fourth-order valence-corrected chi connectivity index (χ4v) is 6.25. The molecule has 0 unspecified atom stereocenters. The van der Waals surface area contributed by atoms with Crippen LogP contribution in [0.3, 0.4) is 0 Å². The van der Waals surface area contributed by atoms with Gasteiger partial charge in [-0.3, -0.25) is 14.7 Å². The van der Waals surface area contributed by atoms with E-state index in [0.717, 1.165) is 46.7 Å². The number of furan rings is 1. The van der Waals surface area contributed by atoms with Crippen LogP contribution >= 0.6 is 11.3 Å². The maximum absolute atomic E-state index is 12.5. The topological polar surface area (TPSA) is 77.4 Å². The summed E-state index contributed by atoms with van der Waals surface area (Å²) in [5.74, 6) is 0.387. The predicted octanol–water partition coefficient (Wildman–Crippen LogP) is 6.74. The first-order chi connectivity index (χ1) is 19.2. The molecule has 0 bridgehead atoms. The molecule has 1 aliphatic rings. The SMILES string of the molecule is O=C(c1ccco1)N1CCN(Cc2ccc(-c3cc4nccc(Nc5ccc6[nH]ccc6c5)c4s3)cc2)CC1. The van der Waals surface area contributed by atoms with E-state index in [1.165, 1.54) is 21.4 Å². The minimum atomic E-state index is -0.0260. The molecule has 0 spiro atoms. The van der Waals surface area contributed by atoms with E-state index in [2.05, 4.69) is 74.8 Å². The molecule has 2 aromatic carbocycles. The molecule has 8 heteroatoms. The van der Waals surface area contributed by atoms with Crippen molar-refractivity contribution in [2.45, 2.75) is 6.54 Å². The molecule has 0 atom stereocenters. The van der Waals surface area contributed by atoms with E-state index in [1.807, 2.05) is 23.4 Å². The summed E-state index contributed by atoms with van der Waals surface area (Å²) in [5, 5.41) is 4.77. The zero-order valence-corrected chi connectivity index (χ0v) is 22.1. The number of aromatic amines is 1. The first kappa shape index (κ1) is 23.7. The Kier molecular flexibility index (Phi) is 6.11. The van der Waals surface area contributed by atoms with Gasteiger partial charge in [-0.15, -0.1) is 11.3 Å². The number of rotatable bonds is 6. The average molecular weight is 534 g/mol. The zero-order valence-electron chi connectivity index (χ0n) is 21.3. The summed E-state index contributed by atoms with van der Waals surface area (Å²) in [7, 11) is 0. The fourth-order valence-electron chi connectivity index (χ4n) is 5.16. The maximum Gasteiger partial charge on any atom is 0.289 e. The second-order valence-corrected chi connectivity index (χ2v) is 10.9. The van der Waals surface area contributed by atoms with E-state index >= 15 is 0 Å². The lowest BCUT2D eigenvalue weighted by Gasteiger charge is -2.34. The van der Waals surface area contributed by atoms with Crippen LogP contribution in [0.15, 0.2) is 95.9 Å². The number of aromatic nitrogens is 2. The standard InChI is InChI=1S/C31H27N5O2S/c37-31(28-2-1-17-38-28)36-15-13-35(14-16-36)20-21-3-5-22(6-4-21)29-19-27-30(39-29)26(10-12-33-27)34-24-7-8-25-23(18-24)9-11-32-25/h1-12,17-19,32H,13-16,20H2,(H,33,34). The van der Waals surface area contributed by atoms with Crippen molar-refractivity contribution in [3.63, 3.8) is 0 Å². The molecule has 4 aromatic heterocycles. The van der Waals surface area contributed by atoms with Crippen LogP contribution in [0, 0.1) is 0 Å². The number of carbonyl (C=O) groups is 1. The summed E-state index contributed by atoms with van der Waals surface area (Å²) in [6.45, 7) is 3.99. The highest BCUT2D eigenvalue weighted by Gasteiger charge is 2.23. The van der Waals surface area contributed by atoms with Crippen molar-refractivity contribution in [3.05, 3.63) is 103 Å². The third-order valence-electron chi connectivity index (χ3n) is 7.28. The third kappa shape index (κ3) is 4.80. The van der Waals surface area contributed by atoms with Crippen molar-refractivity contribution >= 4 is 49.7 Å². The number of thiophene rings is 1. The molecule has 0 saturated carbocycles. The number of hydrogen-bond donors (Lipinski definition) is 2. The van der Waals surface area contributed by atoms with E-state index in [0.29, 0.717) is 18.8 Å². The molecule has 1 aliphatic heterocycles. The van der Waals surface area contributed by atoms with Crippen LogP contribution < -0.4 is 5.32 Å². The molecular weight excluding hydrogens is 506 g/mol. The maximum atomic E-state index is 12.5. The quantitative estimate of drug-likeness (QED) is 0.248. The number of pyridine rings is 1. The van der Waals surface area contributed by atoms with Gasteiger partial charge in [0, 0.05) is 66.6 Å². The first-order valence-corrected chi connectivity index (χ1v) is 13.9. The summed E-state index contributed by atoms with van der Waals surface area (Å²) in [5.41, 5.74) is 6.70. The molecular formula is C31H27N5O2S. The Bertz CT molecular complexity index is 1750. The number of H-pyrrole nitrogens is 1. The number of fused-ring (bicyclic) bond motifs is 2. The van der Waals surface area contributed by atoms with E-state index in [4.69, 9.17) is 4.42 Å². The number of hydrogen-bond acceptors (Lipinski definition) is 6. The van der Waals surface area contributed by atoms with Crippen LogP contribution in [0.1, 0.15) is 16.1 Å². The van der Waals surface area contributed by atoms with Crippen molar-refractivity contribution in [1.82, 2.24) is 19.8 Å². The van der Waals surface area contributed by atoms with Gasteiger partial charge in [0.15, 0.2) is 5.76 Å². The lowest BCUT2D eigenvalue weighted by Crippen LogP contribution is -2.48. The first-order valence-electron chi connectivity index (χ1n) is 13.1. The smallest absolute Gasteiger partial charge is 0.289 e. The average Bonchev–Trinajstić information content (AvgIpc) is 3.75. The van der Waals surface area contributed by atoms with Crippen molar-refractivity contribution in [1.29, 1.82) is 0 Å². The lowest BCUT2D eigenvalue weighted by atomic mass is 10.1. The number of carbonyl (C=O) groups excluding carboxylic acids is 1. The van der Waals surface area contributed by atoms with E-state index < -0.39 is 0 Å². The molecule has 194 valence electrons. The molecule has 1 amide bonds. The molecule has 39 heavy (non-hydrogen) atoms. The van der Waals surface area contributed by atoms with Gasteiger partial charge in [-0.05, 0) is 59.7 Å². The second-order valence-electron chi connectivity index (χ2n) is 9.83. The van der Waals surface area contributed by atoms with Crippen LogP contribution in [0.4, 0.5) is 11.4 Å². The lowest BCUT2D eigenvalue weighted by molar-refractivity contribution is 0.0598. The van der Waals surface area contributed by atoms with Gasteiger partial charge < -0.3 is 19.6 Å². The highest BCUT2D eigenvalue weighted by Crippen LogP contribution is 2.38. The minimum absolute atomic E-state index is 0.0260. The van der Waals surface area contributed by atoms with Crippen molar-refractivity contribution < 1.29 is 9.21 Å². The Morgan fingerprint density at radius 1 is 1.00 bits per heavy atom. The summed E-state index contributed by atoms with van der Waals surface area (Å²) >= 11 is 1.76. The minimum Gasteiger partial charge on any atom is -0.459 e. The number of amides is 1. The molecule has 1 fully saturated rings. The normalized spacial score (nSPS) is 14.3. The third-order valence-corrected chi connectivity index (χ3v) is 8.49. The number of nitrogens with one attached hydrogen (secondary N) is 2. The summed E-state index contributed by atoms with van der Waals surface area (Å²) in [6.07, 6.45) is 5.37. The molecule has 0 aliphatic carbocycles. The molecule has 5 heterocycles. The number of benzene rings is 2. The largest absolute Gasteiger partial charge is 0.459 e. The Morgan fingerprint density at radius 3 is 2.69 bits per heavy atom. The van der Waals surface area contributed by atoms with Gasteiger partial charge in [-0.1, -0.05) is 24.3 Å². The zero-order chi connectivity index (χ0) is 26.2. The Balaban J connectivity index is 1.02. The molecule has 7 rings (SSSR count). The Morgan fingerprint density at radius 2 is 1.87 bits per heavy atom. The number of piperazine rings is 1. The highest BCUT2D eigenvalue weighted by molar-refractivity contribution is 7.22. The highest BCUT2D eigenvalue weighted by atomic mass is 32.1.